The molecule has 0 aromatic rings. The zero-order valence-corrected chi connectivity index (χ0v) is 7.55. The van der Waals surface area contributed by atoms with Crippen LogP contribution in [0.3, 0.4) is 0 Å². The van der Waals surface area contributed by atoms with Crippen LogP contribution in [0.25, 0.3) is 0 Å². The van der Waals surface area contributed by atoms with Gasteiger partial charge < -0.3 is 0 Å². The topological polar surface area (TPSA) is 17.1 Å². The van der Waals surface area contributed by atoms with Crippen LogP contribution in [0.2, 0.25) is 0 Å². The molecule has 0 spiro atoms. The fourth-order valence-electron chi connectivity index (χ4n) is 0.782. The first kappa shape index (κ1) is 10.2. The number of allylic oxidation sites excluding steroid dienone is 3. The normalized spacial score (nSPS) is 11.9. The SMILES string of the molecule is C=CC(C)CC(=O)C=C(C)C. The molecule has 0 bridgehead atoms. The molecule has 1 nitrogen and oxygen atoms in total. The molecule has 0 radical (unpaired) electrons. The molecule has 11 heavy (non-hydrogen) atoms. The summed E-state index contributed by atoms with van der Waals surface area (Å²) in [5.41, 5.74) is 1.06. The molecule has 0 saturated carbocycles. The minimum atomic E-state index is 0.192. The van der Waals surface area contributed by atoms with E-state index in [1.54, 1.807) is 12.2 Å². The molecule has 0 aromatic heterocycles. The molecular formula is C10H16O. The van der Waals surface area contributed by atoms with E-state index >= 15 is 0 Å². The van der Waals surface area contributed by atoms with E-state index in [4.69, 9.17) is 0 Å². The van der Waals surface area contributed by atoms with E-state index in [0.717, 1.165) is 5.57 Å². The van der Waals surface area contributed by atoms with Crippen molar-refractivity contribution >= 4 is 5.78 Å². The molecule has 0 N–H and O–H groups in total. The van der Waals surface area contributed by atoms with Gasteiger partial charge >= 0.3 is 0 Å². The van der Waals surface area contributed by atoms with Crippen LogP contribution in [0.15, 0.2) is 24.3 Å². The maximum atomic E-state index is 11.1. The van der Waals surface area contributed by atoms with Crippen LogP contribution in [0.1, 0.15) is 27.2 Å². The molecule has 1 heteroatoms. The van der Waals surface area contributed by atoms with Gasteiger partial charge in [0.25, 0.3) is 0 Å². The minimum absolute atomic E-state index is 0.192. The van der Waals surface area contributed by atoms with Crippen LogP contribution in [0.5, 0.6) is 0 Å². The van der Waals surface area contributed by atoms with E-state index in [0.29, 0.717) is 6.42 Å². The van der Waals surface area contributed by atoms with Gasteiger partial charge in [-0.3, -0.25) is 4.79 Å². The summed E-state index contributed by atoms with van der Waals surface area (Å²) < 4.78 is 0. The highest BCUT2D eigenvalue weighted by Crippen LogP contribution is 2.04. The summed E-state index contributed by atoms with van der Waals surface area (Å²) in [5, 5.41) is 0. The van der Waals surface area contributed by atoms with E-state index < -0.39 is 0 Å². The quantitative estimate of drug-likeness (QED) is 0.447. The maximum Gasteiger partial charge on any atom is 0.156 e. The van der Waals surface area contributed by atoms with Gasteiger partial charge in [-0.2, -0.15) is 0 Å². The summed E-state index contributed by atoms with van der Waals surface area (Å²) >= 11 is 0. The van der Waals surface area contributed by atoms with Gasteiger partial charge in [0.1, 0.15) is 0 Å². The Morgan fingerprint density at radius 3 is 2.45 bits per heavy atom. The Balaban J connectivity index is 3.88. The van der Waals surface area contributed by atoms with Gasteiger partial charge in [0.2, 0.25) is 0 Å². The molecule has 62 valence electrons. The summed E-state index contributed by atoms with van der Waals surface area (Å²) in [4.78, 5) is 11.1. The van der Waals surface area contributed by atoms with E-state index in [1.807, 2.05) is 20.8 Å². The van der Waals surface area contributed by atoms with E-state index in [9.17, 15) is 4.79 Å². The number of carbonyl (C=O) groups excluding carboxylic acids is 1. The maximum absolute atomic E-state index is 11.1. The standard InChI is InChI=1S/C10H16O/c1-5-9(4)7-10(11)6-8(2)3/h5-6,9H,1,7H2,2-4H3. The summed E-state index contributed by atoms with van der Waals surface area (Å²) in [6.45, 7) is 9.46. The summed E-state index contributed by atoms with van der Waals surface area (Å²) in [7, 11) is 0. The molecule has 1 atom stereocenters. The molecule has 0 rings (SSSR count). The van der Waals surface area contributed by atoms with Gasteiger partial charge in [-0.15, -0.1) is 6.58 Å². The lowest BCUT2D eigenvalue weighted by Gasteiger charge is -2.00. The zero-order valence-electron chi connectivity index (χ0n) is 7.55. The number of hydrogen-bond acceptors (Lipinski definition) is 1. The number of hydrogen-bond donors (Lipinski definition) is 0. The van der Waals surface area contributed by atoms with Crippen molar-refractivity contribution in [3.05, 3.63) is 24.3 Å². The zero-order chi connectivity index (χ0) is 8.85. The van der Waals surface area contributed by atoms with Crippen LogP contribution >= 0.6 is 0 Å². The van der Waals surface area contributed by atoms with E-state index in [1.165, 1.54) is 0 Å². The first-order valence-electron chi connectivity index (χ1n) is 3.86. The molecular weight excluding hydrogens is 136 g/mol. The third kappa shape index (κ3) is 5.59. The molecule has 0 aliphatic heterocycles. The van der Waals surface area contributed by atoms with E-state index in [-0.39, 0.29) is 11.7 Å². The first-order valence-corrected chi connectivity index (χ1v) is 3.86. The third-order valence-corrected chi connectivity index (χ3v) is 1.38. The molecule has 0 fully saturated rings. The average Bonchev–Trinajstić information content (AvgIpc) is 1.85. The third-order valence-electron chi connectivity index (χ3n) is 1.38. The molecule has 1 unspecified atom stereocenters. The molecule has 0 heterocycles. The van der Waals surface area contributed by atoms with Gasteiger partial charge in [-0.05, 0) is 25.8 Å². The smallest absolute Gasteiger partial charge is 0.156 e. The van der Waals surface area contributed by atoms with Crippen molar-refractivity contribution in [1.82, 2.24) is 0 Å². The van der Waals surface area contributed by atoms with Crippen molar-refractivity contribution in [3.63, 3.8) is 0 Å². The Kier molecular flexibility index (Phi) is 4.51. The lowest BCUT2D eigenvalue weighted by Crippen LogP contribution is -1.99. The minimum Gasteiger partial charge on any atom is -0.295 e. The van der Waals surface area contributed by atoms with Crippen molar-refractivity contribution in [2.75, 3.05) is 0 Å². The summed E-state index contributed by atoms with van der Waals surface area (Å²) in [6, 6.07) is 0. The lowest BCUT2D eigenvalue weighted by molar-refractivity contribution is -0.115. The molecule has 0 aliphatic rings. The van der Waals surface area contributed by atoms with E-state index in [2.05, 4.69) is 6.58 Å². The van der Waals surface area contributed by atoms with Gasteiger partial charge in [0.05, 0.1) is 0 Å². The molecule has 0 aliphatic carbocycles. The Labute approximate surface area is 68.8 Å². The van der Waals surface area contributed by atoms with Crippen LogP contribution < -0.4 is 0 Å². The van der Waals surface area contributed by atoms with Crippen LogP contribution in [0, 0.1) is 5.92 Å². The average molecular weight is 152 g/mol. The number of rotatable bonds is 4. The Bertz CT molecular complexity index is 173. The lowest BCUT2D eigenvalue weighted by atomic mass is 10.0. The predicted octanol–water partition coefficient (Wildman–Crippen LogP) is 2.73. The van der Waals surface area contributed by atoms with Crippen molar-refractivity contribution in [2.45, 2.75) is 27.2 Å². The second kappa shape index (κ2) is 4.89. The number of ketones is 1. The van der Waals surface area contributed by atoms with Crippen LogP contribution in [0.4, 0.5) is 0 Å². The Morgan fingerprint density at radius 2 is 2.09 bits per heavy atom. The Morgan fingerprint density at radius 1 is 1.55 bits per heavy atom. The molecule has 0 aromatic carbocycles. The summed E-state index contributed by atoms with van der Waals surface area (Å²) in [6.07, 6.45) is 4.06. The van der Waals surface area contributed by atoms with Crippen molar-refractivity contribution in [2.24, 2.45) is 5.92 Å². The fourth-order valence-corrected chi connectivity index (χ4v) is 0.782. The highest BCUT2D eigenvalue weighted by Gasteiger charge is 2.01. The molecule has 0 amide bonds. The van der Waals surface area contributed by atoms with Crippen molar-refractivity contribution < 1.29 is 4.79 Å². The van der Waals surface area contributed by atoms with Crippen LogP contribution in [-0.4, -0.2) is 5.78 Å². The summed E-state index contributed by atoms with van der Waals surface area (Å²) in [5.74, 6) is 0.482. The fraction of sp³-hybridized carbons (Fsp3) is 0.500. The second-order valence-electron chi connectivity index (χ2n) is 3.11. The van der Waals surface area contributed by atoms with Gasteiger partial charge in [-0.1, -0.05) is 18.6 Å². The number of carbonyl (C=O) groups is 1. The molecule has 0 saturated heterocycles. The van der Waals surface area contributed by atoms with Gasteiger partial charge in [-0.25, -0.2) is 0 Å². The monoisotopic (exact) mass is 152 g/mol. The second-order valence-corrected chi connectivity index (χ2v) is 3.11. The van der Waals surface area contributed by atoms with Crippen LogP contribution in [-0.2, 0) is 4.79 Å². The highest BCUT2D eigenvalue weighted by atomic mass is 16.1. The van der Waals surface area contributed by atoms with Crippen molar-refractivity contribution in [1.29, 1.82) is 0 Å². The Hall–Kier alpha value is -0.850. The first-order chi connectivity index (χ1) is 5.06. The van der Waals surface area contributed by atoms with Gasteiger partial charge in [0, 0.05) is 6.42 Å². The largest absolute Gasteiger partial charge is 0.295 e. The highest BCUT2D eigenvalue weighted by molar-refractivity contribution is 5.90. The van der Waals surface area contributed by atoms with Crippen molar-refractivity contribution in [3.8, 4) is 0 Å². The van der Waals surface area contributed by atoms with Gasteiger partial charge in [0.15, 0.2) is 5.78 Å². The predicted molar refractivity (Wildman–Crippen MR) is 48.4 cm³/mol.